The Kier molecular flexibility index (Phi) is 4.61. The fourth-order valence-corrected chi connectivity index (χ4v) is 2.48. The molecule has 0 saturated carbocycles. The van der Waals surface area contributed by atoms with Gasteiger partial charge in [-0.05, 0) is 23.8 Å². The smallest absolute Gasteiger partial charge is 0.235 e. The molecular formula is C16H13Cl2N3O. The van der Waals surface area contributed by atoms with Crippen molar-refractivity contribution in [2.75, 3.05) is 5.32 Å². The van der Waals surface area contributed by atoms with E-state index < -0.39 is 0 Å². The van der Waals surface area contributed by atoms with Crippen LogP contribution in [-0.2, 0) is 13.0 Å². The predicted molar refractivity (Wildman–Crippen MR) is 87.3 cm³/mol. The Hall–Kier alpha value is -2.04. The summed E-state index contributed by atoms with van der Waals surface area (Å²) in [6.45, 7) is 0.406. The van der Waals surface area contributed by atoms with Crippen LogP contribution in [0.1, 0.15) is 17.3 Å². The van der Waals surface area contributed by atoms with Gasteiger partial charge in [0.1, 0.15) is 0 Å². The van der Waals surface area contributed by atoms with Crippen molar-refractivity contribution in [1.82, 2.24) is 10.2 Å². The number of hydrogen-bond acceptors (Lipinski definition) is 4. The lowest BCUT2D eigenvalue weighted by Gasteiger charge is -2.05. The average Bonchev–Trinajstić information content (AvgIpc) is 2.95. The van der Waals surface area contributed by atoms with Crippen molar-refractivity contribution in [3.8, 4) is 0 Å². The first-order valence-electron chi connectivity index (χ1n) is 6.75. The normalized spacial score (nSPS) is 10.6. The second-order valence-electron chi connectivity index (χ2n) is 4.73. The van der Waals surface area contributed by atoms with E-state index in [9.17, 15) is 0 Å². The highest BCUT2D eigenvalue weighted by Gasteiger charge is 2.08. The lowest BCUT2D eigenvalue weighted by atomic mass is 10.2. The summed E-state index contributed by atoms with van der Waals surface area (Å²) in [6, 6.07) is 15.2. The van der Waals surface area contributed by atoms with Crippen molar-refractivity contribution in [3.05, 3.63) is 75.9 Å². The summed E-state index contributed by atoms with van der Waals surface area (Å²) in [5.41, 5.74) is 1.90. The summed E-state index contributed by atoms with van der Waals surface area (Å²) in [4.78, 5) is 0. The fourth-order valence-electron chi connectivity index (χ4n) is 2.01. The number of anilines is 1. The summed E-state index contributed by atoms with van der Waals surface area (Å²) in [5.74, 6) is 1.10. The molecule has 0 saturated heterocycles. The lowest BCUT2D eigenvalue weighted by Crippen LogP contribution is -2.00. The maximum atomic E-state index is 6.09. The Morgan fingerprint density at radius 2 is 1.73 bits per heavy atom. The van der Waals surface area contributed by atoms with Crippen molar-refractivity contribution in [3.63, 3.8) is 0 Å². The van der Waals surface area contributed by atoms with Crippen LogP contribution in [0.3, 0.4) is 0 Å². The van der Waals surface area contributed by atoms with Crippen LogP contribution in [0.25, 0.3) is 0 Å². The predicted octanol–water partition coefficient (Wildman–Crippen LogP) is 4.58. The van der Waals surface area contributed by atoms with E-state index in [0.29, 0.717) is 34.8 Å². The van der Waals surface area contributed by atoms with E-state index in [4.69, 9.17) is 27.6 Å². The molecule has 1 heterocycles. The van der Waals surface area contributed by atoms with Crippen LogP contribution < -0.4 is 5.32 Å². The second-order valence-corrected chi connectivity index (χ2v) is 5.57. The van der Waals surface area contributed by atoms with Gasteiger partial charge in [0.2, 0.25) is 11.8 Å². The number of halogens is 2. The third-order valence-electron chi connectivity index (χ3n) is 3.07. The molecule has 0 bridgehead atoms. The van der Waals surface area contributed by atoms with E-state index in [1.54, 1.807) is 12.1 Å². The van der Waals surface area contributed by atoms with E-state index in [2.05, 4.69) is 15.5 Å². The second kappa shape index (κ2) is 6.81. The zero-order valence-electron chi connectivity index (χ0n) is 11.6. The first kappa shape index (κ1) is 14.9. The van der Waals surface area contributed by atoms with Gasteiger partial charge in [-0.2, -0.15) is 0 Å². The highest BCUT2D eigenvalue weighted by Crippen LogP contribution is 2.25. The van der Waals surface area contributed by atoms with Crippen LogP contribution in [-0.4, -0.2) is 10.2 Å². The van der Waals surface area contributed by atoms with Gasteiger partial charge in [-0.3, -0.25) is 0 Å². The van der Waals surface area contributed by atoms with Crippen molar-refractivity contribution >= 4 is 28.9 Å². The molecule has 0 amide bonds. The zero-order valence-corrected chi connectivity index (χ0v) is 13.1. The third-order valence-corrected chi connectivity index (χ3v) is 3.62. The minimum absolute atomic E-state index is 0.406. The Morgan fingerprint density at radius 1 is 0.955 bits per heavy atom. The first-order valence-corrected chi connectivity index (χ1v) is 7.50. The number of rotatable bonds is 5. The van der Waals surface area contributed by atoms with Gasteiger partial charge in [0.15, 0.2) is 0 Å². The molecule has 6 heteroatoms. The van der Waals surface area contributed by atoms with Crippen LogP contribution in [0.5, 0.6) is 0 Å². The Labute approximate surface area is 138 Å². The van der Waals surface area contributed by atoms with Crippen LogP contribution in [0.15, 0.2) is 52.9 Å². The summed E-state index contributed by atoms with van der Waals surface area (Å²) < 4.78 is 5.62. The molecule has 3 aromatic rings. The maximum Gasteiger partial charge on any atom is 0.235 e. The molecule has 0 unspecified atom stereocenters. The van der Waals surface area contributed by atoms with Crippen molar-refractivity contribution in [2.24, 2.45) is 0 Å². The molecule has 0 spiro atoms. The molecular weight excluding hydrogens is 321 g/mol. The number of aromatic nitrogens is 2. The van der Waals surface area contributed by atoms with Gasteiger partial charge in [0.05, 0.1) is 23.7 Å². The van der Waals surface area contributed by atoms with E-state index in [1.807, 2.05) is 36.4 Å². The monoisotopic (exact) mass is 333 g/mol. The number of nitrogens with zero attached hydrogens (tertiary/aromatic N) is 2. The quantitative estimate of drug-likeness (QED) is 0.742. The van der Waals surface area contributed by atoms with E-state index >= 15 is 0 Å². The van der Waals surface area contributed by atoms with Crippen molar-refractivity contribution < 1.29 is 4.42 Å². The van der Waals surface area contributed by atoms with Gasteiger partial charge in [-0.15, -0.1) is 10.2 Å². The largest absolute Gasteiger partial charge is 0.423 e. The Bertz CT molecular complexity index is 759. The van der Waals surface area contributed by atoms with Gasteiger partial charge in [-0.25, -0.2) is 0 Å². The lowest BCUT2D eigenvalue weighted by molar-refractivity contribution is 0.464. The maximum absolute atomic E-state index is 6.09. The minimum Gasteiger partial charge on any atom is -0.423 e. The number of hydrogen-bond donors (Lipinski definition) is 1. The Morgan fingerprint density at radius 3 is 2.50 bits per heavy atom. The standard InChI is InChI=1S/C16H13Cl2N3O/c17-12-6-7-14(13(18)9-12)19-10-16-21-20-15(22-16)8-11-4-2-1-3-5-11/h1-7,9,19H,8,10H2. The molecule has 1 N–H and O–H groups in total. The average molecular weight is 334 g/mol. The molecule has 0 aliphatic rings. The molecule has 0 radical (unpaired) electrons. The fraction of sp³-hybridized carbons (Fsp3) is 0.125. The first-order chi connectivity index (χ1) is 10.7. The van der Waals surface area contributed by atoms with Gasteiger partial charge in [-0.1, -0.05) is 53.5 Å². The van der Waals surface area contributed by atoms with Crippen LogP contribution in [0, 0.1) is 0 Å². The topological polar surface area (TPSA) is 51.0 Å². The number of nitrogens with one attached hydrogen (secondary N) is 1. The summed E-state index contributed by atoms with van der Waals surface area (Å²) in [7, 11) is 0. The van der Waals surface area contributed by atoms with Gasteiger partial charge in [0.25, 0.3) is 0 Å². The highest BCUT2D eigenvalue weighted by molar-refractivity contribution is 6.36. The van der Waals surface area contributed by atoms with E-state index in [0.717, 1.165) is 11.3 Å². The molecule has 0 atom stereocenters. The molecule has 4 nitrogen and oxygen atoms in total. The third kappa shape index (κ3) is 3.78. The molecule has 2 aromatic carbocycles. The van der Waals surface area contributed by atoms with Crippen LogP contribution >= 0.6 is 23.2 Å². The van der Waals surface area contributed by atoms with Crippen molar-refractivity contribution in [1.29, 1.82) is 0 Å². The SMILES string of the molecule is Clc1ccc(NCc2nnc(Cc3ccccc3)o2)c(Cl)c1. The summed E-state index contributed by atoms with van der Waals surface area (Å²) in [6.07, 6.45) is 0.621. The molecule has 112 valence electrons. The van der Waals surface area contributed by atoms with Crippen molar-refractivity contribution in [2.45, 2.75) is 13.0 Å². The van der Waals surface area contributed by atoms with E-state index in [-0.39, 0.29) is 0 Å². The summed E-state index contributed by atoms with van der Waals surface area (Å²) >= 11 is 12.0. The van der Waals surface area contributed by atoms with Gasteiger partial charge >= 0.3 is 0 Å². The zero-order chi connectivity index (χ0) is 15.4. The molecule has 0 fully saturated rings. The summed E-state index contributed by atoms with van der Waals surface area (Å²) in [5, 5.41) is 12.4. The van der Waals surface area contributed by atoms with E-state index in [1.165, 1.54) is 0 Å². The molecule has 3 rings (SSSR count). The molecule has 1 aromatic heterocycles. The van der Waals surface area contributed by atoms with Crippen LogP contribution in [0.4, 0.5) is 5.69 Å². The Balaban J connectivity index is 1.62. The molecule has 0 aliphatic heterocycles. The van der Waals surface area contributed by atoms with Crippen LogP contribution in [0.2, 0.25) is 10.0 Å². The number of benzene rings is 2. The highest BCUT2D eigenvalue weighted by atomic mass is 35.5. The molecule has 0 aliphatic carbocycles. The molecule has 22 heavy (non-hydrogen) atoms. The minimum atomic E-state index is 0.406. The van der Waals surface area contributed by atoms with Gasteiger partial charge in [0, 0.05) is 5.02 Å². The van der Waals surface area contributed by atoms with Gasteiger partial charge < -0.3 is 9.73 Å².